The van der Waals surface area contributed by atoms with Crippen molar-refractivity contribution in [2.75, 3.05) is 26.2 Å². The molecule has 6 nitrogen and oxygen atoms in total. The highest BCUT2D eigenvalue weighted by Gasteiger charge is 2.29. The summed E-state index contributed by atoms with van der Waals surface area (Å²) < 4.78 is 5.88. The van der Waals surface area contributed by atoms with Gasteiger partial charge in [0.1, 0.15) is 11.9 Å². The molecule has 1 saturated heterocycles. The monoisotopic (exact) mass is 381 g/mol. The van der Waals surface area contributed by atoms with Gasteiger partial charge in [-0.25, -0.2) is 4.79 Å². The van der Waals surface area contributed by atoms with E-state index in [-0.39, 0.29) is 30.8 Å². The maximum absolute atomic E-state index is 12.0. The van der Waals surface area contributed by atoms with Crippen LogP contribution >= 0.6 is 11.6 Å². The van der Waals surface area contributed by atoms with Crippen molar-refractivity contribution in [3.8, 4) is 5.75 Å². The van der Waals surface area contributed by atoms with E-state index in [1.54, 1.807) is 0 Å². The van der Waals surface area contributed by atoms with Crippen LogP contribution in [0.15, 0.2) is 24.3 Å². The Morgan fingerprint density at radius 2 is 1.96 bits per heavy atom. The number of aliphatic hydroxyl groups is 1. The zero-order chi connectivity index (χ0) is 18.4. The van der Waals surface area contributed by atoms with Gasteiger partial charge in [-0.3, -0.25) is 4.90 Å². The standard InChI is InChI=1S/C19H28ClN3O3/c20-14-5-7-17(8-6-14)26-18-11-23(12-18)10-9-16(13-24)22-19(25)21-15-3-1-2-4-15/h5-8,15-16,18,24H,1-4,9-13H2,(H2,21,22,25). The Morgan fingerprint density at radius 1 is 1.27 bits per heavy atom. The number of likely N-dealkylation sites (tertiary alicyclic amines) is 1. The first kappa shape index (κ1) is 19.3. The van der Waals surface area contributed by atoms with Crippen LogP contribution in [-0.4, -0.2) is 60.5 Å². The van der Waals surface area contributed by atoms with Gasteiger partial charge in [0, 0.05) is 30.7 Å². The van der Waals surface area contributed by atoms with Crippen LogP contribution in [0, 0.1) is 0 Å². The highest BCUT2D eigenvalue weighted by Crippen LogP contribution is 2.21. The topological polar surface area (TPSA) is 73.8 Å². The molecule has 1 heterocycles. The minimum Gasteiger partial charge on any atom is -0.488 e. The second kappa shape index (κ2) is 9.44. The number of aliphatic hydroxyl groups excluding tert-OH is 1. The number of nitrogens with one attached hydrogen (secondary N) is 2. The van der Waals surface area contributed by atoms with Crippen LogP contribution in [0.25, 0.3) is 0 Å². The van der Waals surface area contributed by atoms with Gasteiger partial charge < -0.3 is 20.5 Å². The number of nitrogens with zero attached hydrogens (tertiary/aromatic N) is 1. The van der Waals surface area contributed by atoms with Crippen LogP contribution in [-0.2, 0) is 0 Å². The number of urea groups is 1. The smallest absolute Gasteiger partial charge is 0.315 e. The van der Waals surface area contributed by atoms with E-state index >= 15 is 0 Å². The molecule has 1 aliphatic heterocycles. The van der Waals surface area contributed by atoms with Gasteiger partial charge in [-0.15, -0.1) is 0 Å². The van der Waals surface area contributed by atoms with Crippen LogP contribution in [0.1, 0.15) is 32.1 Å². The summed E-state index contributed by atoms with van der Waals surface area (Å²) in [6, 6.07) is 7.30. The van der Waals surface area contributed by atoms with Crippen LogP contribution in [0.5, 0.6) is 5.75 Å². The third kappa shape index (κ3) is 5.76. The lowest BCUT2D eigenvalue weighted by Crippen LogP contribution is -2.55. The maximum atomic E-state index is 12.0. The van der Waals surface area contributed by atoms with Crippen molar-refractivity contribution >= 4 is 17.6 Å². The Hall–Kier alpha value is -1.50. The zero-order valence-corrected chi connectivity index (χ0v) is 15.8. The number of carbonyl (C=O) groups excluding carboxylic acids is 1. The van der Waals surface area contributed by atoms with Crippen molar-refractivity contribution in [1.82, 2.24) is 15.5 Å². The summed E-state index contributed by atoms with van der Waals surface area (Å²) in [7, 11) is 0. The molecule has 1 atom stereocenters. The van der Waals surface area contributed by atoms with Gasteiger partial charge in [0.2, 0.25) is 0 Å². The number of amides is 2. The lowest BCUT2D eigenvalue weighted by molar-refractivity contribution is 0.0168. The fraction of sp³-hybridized carbons (Fsp3) is 0.632. The number of benzene rings is 1. The summed E-state index contributed by atoms with van der Waals surface area (Å²) in [5.74, 6) is 0.831. The molecule has 3 N–H and O–H groups in total. The van der Waals surface area contributed by atoms with Gasteiger partial charge in [0.05, 0.1) is 12.6 Å². The largest absolute Gasteiger partial charge is 0.488 e. The van der Waals surface area contributed by atoms with Gasteiger partial charge in [-0.1, -0.05) is 24.4 Å². The Morgan fingerprint density at radius 3 is 2.62 bits per heavy atom. The molecule has 0 bridgehead atoms. The van der Waals surface area contributed by atoms with Crippen LogP contribution < -0.4 is 15.4 Å². The lowest BCUT2D eigenvalue weighted by atomic mass is 10.1. The van der Waals surface area contributed by atoms with Gasteiger partial charge in [-0.05, 0) is 43.5 Å². The summed E-state index contributed by atoms with van der Waals surface area (Å²) in [5, 5.41) is 16.1. The molecular formula is C19H28ClN3O3. The summed E-state index contributed by atoms with van der Waals surface area (Å²) in [6.07, 6.45) is 5.38. The number of rotatable bonds is 8. The van der Waals surface area contributed by atoms with E-state index < -0.39 is 0 Å². The van der Waals surface area contributed by atoms with Crippen LogP contribution in [0.4, 0.5) is 4.79 Å². The van der Waals surface area contributed by atoms with Crippen LogP contribution in [0.3, 0.4) is 0 Å². The number of hydrogen-bond donors (Lipinski definition) is 3. The number of carbonyl (C=O) groups is 1. The molecule has 2 aliphatic rings. The molecule has 3 rings (SSSR count). The Balaban J connectivity index is 1.30. The normalized spacial score (nSPS) is 19.8. The molecule has 0 radical (unpaired) electrons. The first-order valence-electron chi connectivity index (χ1n) is 9.45. The molecule has 0 spiro atoms. The van der Waals surface area contributed by atoms with Gasteiger partial charge in [0.15, 0.2) is 0 Å². The molecule has 2 amide bonds. The molecule has 0 aromatic heterocycles. The molecule has 1 unspecified atom stereocenters. The minimum absolute atomic E-state index is 0.0450. The summed E-state index contributed by atoms with van der Waals surface area (Å²) in [5.41, 5.74) is 0. The summed E-state index contributed by atoms with van der Waals surface area (Å²) in [6.45, 7) is 2.50. The predicted molar refractivity (Wildman–Crippen MR) is 102 cm³/mol. The van der Waals surface area contributed by atoms with E-state index in [1.165, 1.54) is 12.8 Å². The van der Waals surface area contributed by atoms with E-state index in [9.17, 15) is 9.90 Å². The third-order valence-electron chi connectivity index (χ3n) is 5.08. The van der Waals surface area contributed by atoms with Crippen molar-refractivity contribution in [2.45, 2.75) is 50.3 Å². The fourth-order valence-electron chi connectivity index (χ4n) is 3.52. The fourth-order valence-corrected chi connectivity index (χ4v) is 3.64. The maximum Gasteiger partial charge on any atom is 0.315 e. The Labute approximate surface area is 159 Å². The van der Waals surface area contributed by atoms with Gasteiger partial charge in [0.25, 0.3) is 0 Å². The van der Waals surface area contributed by atoms with Crippen molar-refractivity contribution in [3.63, 3.8) is 0 Å². The highest BCUT2D eigenvalue weighted by molar-refractivity contribution is 6.30. The SMILES string of the molecule is O=C(NC(CO)CCN1CC(Oc2ccc(Cl)cc2)C1)NC1CCCC1. The highest BCUT2D eigenvalue weighted by atomic mass is 35.5. The van der Waals surface area contributed by atoms with E-state index in [0.717, 1.165) is 44.6 Å². The zero-order valence-electron chi connectivity index (χ0n) is 15.0. The van der Waals surface area contributed by atoms with E-state index in [4.69, 9.17) is 16.3 Å². The van der Waals surface area contributed by atoms with Crippen molar-refractivity contribution in [1.29, 1.82) is 0 Å². The van der Waals surface area contributed by atoms with Crippen molar-refractivity contribution in [3.05, 3.63) is 29.3 Å². The van der Waals surface area contributed by atoms with Crippen molar-refractivity contribution in [2.24, 2.45) is 0 Å². The second-order valence-corrected chi connectivity index (χ2v) is 7.66. The molecule has 2 fully saturated rings. The molecule has 7 heteroatoms. The van der Waals surface area contributed by atoms with Crippen LogP contribution in [0.2, 0.25) is 5.02 Å². The number of hydrogen-bond acceptors (Lipinski definition) is 4. The molecule has 26 heavy (non-hydrogen) atoms. The predicted octanol–water partition coefficient (Wildman–Crippen LogP) is 2.40. The van der Waals surface area contributed by atoms with Gasteiger partial charge in [-0.2, -0.15) is 0 Å². The number of halogens is 1. The average molecular weight is 382 g/mol. The minimum atomic E-state index is -0.215. The third-order valence-corrected chi connectivity index (χ3v) is 5.33. The quantitative estimate of drug-likeness (QED) is 0.646. The first-order valence-corrected chi connectivity index (χ1v) is 9.82. The van der Waals surface area contributed by atoms with E-state index in [1.807, 2.05) is 24.3 Å². The molecule has 1 aromatic carbocycles. The number of ether oxygens (including phenoxy) is 1. The van der Waals surface area contributed by atoms with Crippen molar-refractivity contribution < 1.29 is 14.6 Å². The molecular weight excluding hydrogens is 354 g/mol. The lowest BCUT2D eigenvalue weighted by Gasteiger charge is -2.39. The summed E-state index contributed by atoms with van der Waals surface area (Å²) in [4.78, 5) is 14.3. The van der Waals surface area contributed by atoms with E-state index in [0.29, 0.717) is 5.02 Å². The average Bonchev–Trinajstić information content (AvgIpc) is 3.10. The Bertz CT molecular complexity index is 572. The van der Waals surface area contributed by atoms with Gasteiger partial charge >= 0.3 is 6.03 Å². The second-order valence-electron chi connectivity index (χ2n) is 7.22. The molecule has 1 aromatic rings. The van der Waals surface area contributed by atoms with E-state index in [2.05, 4.69) is 15.5 Å². The Kier molecular flexibility index (Phi) is 7.00. The summed E-state index contributed by atoms with van der Waals surface area (Å²) >= 11 is 5.87. The molecule has 1 saturated carbocycles. The molecule has 1 aliphatic carbocycles. The first-order chi connectivity index (χ1) is 12.6. The molecule has 144 valence electrons.